The second kappa shape index (κ2) is 8.19. The van der Waals surface area contributed by atoms with Crippen LogP contribution in [0.5, 0.6) is 5.75 Å². The van der Waals surface area contributed by atoms with E-state index in [1.54, 1.807) is 26.1 Å². The monoisotopic (exact) mass is 400 g/mol. The summed E-state index contributed by atoms with van der Waals surface area (Å²) in [7, 11) is 0. The van der Waals surface area contributed by atoms with Crippen molar-refractivity contribution in [3.8, 4) is 5.75 Å². The Labute approximate surface area is 142 Å². The van der Waals surface area contributed by atoms with E-state index in [4.69, 9.17) is 8.19 Å². The first-order chi connectivity index (χ1) is 11.0. The Kier molecular flexibility index (Phi) is 6.83. The minimum absolute atomic E-state index is 0.111. The summed E-state index contributed by atoms with van der Waals surface area (Å²) >= 11 is -5.04. The molecule has 2 aromatic rings. The number of amides is 1. The Balaban J connectivity index is 0.000000400. The summed E-state index contributed by atoms with van der Waals surface area (Å²) in [5, 5.41) is 13.2. The van der Waals surface area contributed by atoms with Crippen molar-refractivity contribution >= 4 is 30.1 Å². The maximum absolute atomic E-state index is 11.5. The number of rotatable bonds is 3. The molecule has 1 aromatic heterocycles. The standard InChI is InChI=1S/C11H16AsNO5.C4H5NO/c1-7(2)13(8(3)14)10-6-9(12(16,17)18)4-5-11(10)15;1-4-2-3-5-6-4/h4-7,15H,1-3H3,(H2,16,17,18);2-3H,1H3. The van der Waals surface area contributed by atoms with Crippen molar-refractivity contribution in [2.75, 3.05) is 4.90 Å². The topological polar surface area (TPSA) is 124 Å². The molecule has 0 bridgehead atoms. The summed E-state index contributed by atoms with van der Waals surface area (Å²) in [6.07, 6.45) is 1.62. The van der Waals surface area contributed by atoms with E-state index in [1.165, 1.54) is 17.9 Å². The molecule has 1 aromatic carbocycles. The normalized spacial score (nSPS) is 11.0. The van der Waals surface area contributed by atoms with Crippen LogP contribution >= 0.6 is 0 Å². The summed E-state index contributed by atoms with van der Waals surface area (Å²) in [4.78, 5) is 12.8. The predicted molar refractivity (Wildman–Crippen MR) is 88.2 cm³/mol. The Morgan fingerprint density at radius 3 is 2.25 bits per heavy atom. The molecule has 0 spiro atoms. The third-order valence-electron chi connectivity index (χ3n) is 2.98. The number of aromatic nitrogens is 1. The van der Waals surface area contributed by atoms with Gasteiger partial charge in [0.1, 0.15) is 5.76 Å². The van der Waals surface area contributed by atoms with Gasteiger partial charge < -0.3 is 4.52 Å². The summed E-state index contributed by atoms with van der Waals surface area (Å²) in [6, 6.07) is 5.09. The number of carbonyl (C=O) groups is 1. The first kappa shape index (κ1) is 20.0. The van der Waals surface area contributed by atoms with Gasteiger partial charge in [0.05, 0.1) is 6.20 Å². The summed E-state index contributed by atoms with van der Waals surface area (Å²) in [6.45, 7) is 6.67. The molecule has 24 heavy (non-hydrogen) atoms. The van der Waals surface area contributed by atoms with Crippen LogP contribution in [-0.2, 0) is 8.53 Å². The molecule has 3 N–H and O–H groups in total. The number of hydrogen-bond acceptors (Lipinski definition) is 5. The van der Waals surface area contributed by atoms with Crippen LogP contribution in [0, 0.1) is 6.92 Å². The van der Waals surface area contributed by atoms with E-state index in [2.05, 4.69) is 9.68 Å². The van der Waals surface area contributed by atoms with E-state index < -0.39 is 14.2 Å². The summed E-state index contributed by atoms with van der Waals surface area (Å²) in [5.74, 6) is 0.358. The van der Waals surface area contributed by atoms with Gasteiger partial charge in [0.15, 0.2) is 0 Å². The minimum atomic E-state index is -5.04. The van der Waals surface area contributed by atoms with Crippen molar-refractivity contribution in [2.45, 2.75) is 33.7 Å². The van der Waals surface area contributed by atoms with Crippen molar-refractivity contribution in [2.24, 2.45) is 0 Å². The average molecular weight is 400 g/mol. The Bertz CT molecular complexity index is 724. The third-order valence-corrected chi connectivity index (χ3v) is 4.97. The van der Waals surface area contributed by atoms with Gasteiger partial charge in [-0.05, 0) is 6.92 Å². The van der Waals surface area contributed by atoms with Crippen molar-refractivity contribution in [1.82, 2.24) is 5.16 Å². The molecule has 0 fully saturated rings. The van der Waals surface area contributed by atoms with Gasteiger partial charge in [-0.2, -0.15) is 0 Å². The largest absolute Gasteiger partial charge is 0.362 e. The molecule has 132 valence electrons. The van der Waals surface area contributed by atoms with Crippen LogP contribution in [0.25, 0.3) is 0 Å². The molecule has 8 nitrogen and oxygen atoms in total. The van der Waals surface area contributed by atoms with Gasteiger partial charge in [-0.25, -0.2) is 0 Å². The molecule has 9 heteroatoms. The number of aromatic hydroxyl groups is 1. The second-order valence-corrected chi connectivity index (χ2v) is 8.69. The maximum atomic E-state index is 11.5. The van der Waals surface area contributed by atoms with Gasteiger partial charge in [0.25, 0.3) is 0 Å². The van der Waals surface area contributed by atoms with Crippen molar-refractivity contribution < 1.29 is 26.4 Å². The van der Waals surface area contributed by atoms with E-state index in [-0.39, 0.29) is 27.7 Å². The third kappa shape index (κ3) is 5.56. The molecular formula is C15H21AsN2O6. The summed E-state index contributed by atoms with van der Waals surface area (Å²) < 4.78 is 33.9. The smallest absolute Gasteiger partial charge is 0.133 e. The second-order valence-electron chi connectivity index (χ2n) is 5.32. The van der Waals surface area contributed by atoms with E-state index in [0.717, 1.165) is 17.9 Å². The molecular weight excluding hydrogens is 379 g/mol. The average Bonchev–Trinajstić information content (AvgIpc) is 2.91. The number of aryl methyl sites for hydroxylation is 1. The number of nitrogens with zero attached hydrogens (tertiary/aromatic N) is 2. The molecule has 0 radical (unpaired) electrons. The Hall–Kier alpha value is -2.02. The summed E-state index contributed by atoms with van der Waals surface area (Å²) in [5.41, 5.74) is 0.111. The Morgan fingerprint density at radius 2 is 1.92 bits per heavy atom. The molecule has 0 atom stereocenters. The number of carbonyl (C=O) groups excluding carboxylic acids is 1. The molecule has 1 heterocycles. The molecule has 0 saturated carbocycles. The molecule has 0 aliphatic carbocycles. The van der Waals surface area contributed by atoms with E-state index in [9.17, 15) is 13.6 Å². The molecule has 1 amide bonds. The zero-order valence-electron chi connectivity index (χ0n) is 13.9. The predicted octanol–water partition coefficient (Wildman–Crippen LogP) is 0.698. The Morgan fingerprint density at radius 1 is 1.29 bits per heavy atom. The van der Waals surface area contributed by atoms with Crippen molar-refractivity contribution in [3.05, 3.63) is 36.2 Å². The first-order valence-corrected chi connectivity index (χ1v) is 10.5. The van der Waals surface area contributed by atoms with Crippen LogP contribution in [0.4, 0.5) is 5.69 Å². The maximum Gasteiger partial charge on any atom is 0.133 e. The minimum Gasteiger partial charge on any atom is -0.362 e. The van der Waals surface area contributed by atoms with Crippen LogP contribution in [0.15, 0.2) is 35.0 Å². The van der Waals surface area contributed by atoms with E-state index >= 15 is 0 Å². The fourth-order valence-electron chi connectivity index (χ4n) is 1.98. The van der Waals surface area contributed by atoms with E-state index in [0.29, 0.717) is 0 Å². The molecule has 0 unspecified atom stereocenters. The van der Waals surface area contributed by atoms with Gasteiger partial charge in [-0.1, -0.05) is 5.16 Å². The van der Waals surface area contributed by atoms with Gasteiger partial charge in [0.2, 0.25) is 0 Å². The first-order valence-electron chi connectivity index (χ1n) is 7.10. The van der Waals surface area contributed by atoms with Crippen molar-refractivity contribution in [1.29, 1.82) is 0 Å². The quantitative estimate of drug-likeness (QED) is 0.648. The number of benzene rings is 1. The zero-order valence-corrected chi connectivity index (χ0v) is 15.7. The van der Waals surface area contributed by atoms with Crippen LogP contribution in [0.1, 0.15) is 26.5 Å². The van der Waals surface area contributed by atoms with Crippen LogP contribution in [-0.4, -0.2) is 44.6 Å². The SMILES string of the molecule is CC(=O)N(c1cc([As](=O)(O)O)ccc1O)C(C)C.Cc1ccno1. The molecule has 0 aliphatic rings. The number of anilines is 1. The van der Waals surface area contributed by atoms with Crippen molar-refractivity contribution in [3.63, 3.8) is 0 Å². The van der Waals surface area contributed by atoms with E-state index in [1.807, 2.05) is 6.92 Å². The molecule has 0 saturated heterocycles. The number of phenols is 1. The number of phenolic OH excluding ortho intramolecular Hbond substituents is 1. The van der Waals surface area contributed by atoms with Gasteiger partial charge in [-0.3, -0.25) is 0 Å². The van der Waals surface area contributed by atoms with Crippen LogP contribution in [0.2, 0.25) is 0 Å². The zero-order chi connectivity index (χ0) is 18.5. The fourth-order valence-corrected chi connectivity index (χ4v) is 3.15. The molecule has 2 rings (SSSR count). The van der Waals surface area contributed by atoms with Gasteiger partial charge >= 0.3 is 108 Å². The number of hydrogen-bond donors (Lipinski definition) is 3. The fraction of sp³-hybridized carbons (Fsp3) is 0.333. The molecule has 0 aliphatic heterocycles. The van der Waals surface area contributed by atoms with Gasteiger partial charge in [-0.15, -0.1) is 0 Å². The van der Waals surface area contributed by atoms with Gasteiger partial charge in [0, 0.05) is 6.07 Å². The van der Waals surface area contributed by atoms with Crippen LogP contribution < -0.4 is 9.25 Å². The van der Waals surface area contributed by atoms with Crippen LogP contribution in [0.3, 0.4) is 0 Å².